The van der Waals surface area contributed by atoms with Gasteiger partial charge in [0, 0.05) is 17.1 Å². The van der Waals surface area contributed by atoms with Gasteiger partial charge < -0.3 is 5.32 Å². The first-order valence-corrected chi connectivity index (χ1v) is 12.4. The molecule has 1 N–H and O–H groups in total. The maximum absolute atomic E-state index is 13.2. The van der Waals surface area contributed by atoms with Crippen LogP contribution in [-0.4, -0.2) is 21.2 Å². The van der Waals surface area contributed by atoms with E-state index in [2.05, 4.69) is 31.3 Å². The number of aryl methyl sites for hydroxylation is 1. The first kappa shape index (κ1) is 22.3. The lowest BCUT2D eigenvalue weighted by Crippen LogP contribution is -2.25. The second-order valence-corrected chi connectivity index (χ2v) is 9.79. The maximum atomic E-state index is 13.2. The van der Waals surface area contributed by atoms with Crippen LogP contribution in [0.3, 0.4) is 0 Å². The standard InChI is InChI=1S/C25H25N3O2S2/c1-17(2)18-7-5-8-19(15-18)26-23(29)16-32-25-27-22-11-4-3-10-21(22)24(30)28(25)13-12-20-9-6-14-31-20/h3-11,14-15,17H,12-13,16H2,1-2H3,(H,26,29). The molecule has 2 aromatic heterocycles. The molecule has 32 heavy (non-hydrogen) atoms. The van der Waals surface area contributed by atoms with Crippen molar-refractivity contribution in [2.75, 3.05) is 11.1 Å². The Balaban J connectivity index is 1.53. The molecule has 2 heterocycles. The van der Waals surface area contributed by atoms with E-state index >= 15 is 0 Å². The van der Waals surface area contributed by atoms with Crippen LogP contribution in [0.15, 0.2) is 76.0 Å². The van der Waals surface area contributed by atoms with Gasteiger partial charge in [-0.2, -0.15) is 0 Å². The largest absolute Gasteiger partial charge is 0.325 e. The molecule has 164 valence electrons. The van der Waals surface area contributed by atoms with Gasteiger partial charge in [0.05, 0.1) is 16.7 Å². The molecular weight excluding hydrogens is 438 g/mol. The molecule has 0 saturated heterocycles. The third kappa shape index (κ3) is 5.29. The number of hydrogen-bond donors (Lipinski definition) is 1. The molecule has 5 nitrogen and oxygen atoms in total. The van der Waals surface area contributed by atoms with Crippen molar-refractivity contribution in [1.82, 2.24) is 9.55 Å². The van der Waals surface area contributed by atoms with Crippen molar-refractivity contribution >= 4 is 45.6 Å². The van der Waals surface area contributed by atoms with Gasteiger partial charge >= 0.3 is 0 Å². The third-order valence-electron chi connectivity index (χ3n) is 5.16. The summed E-state index contributed by atoms with van der Waals surface area (Å²) in [6, 6.07) is 19.3. The first-order valence-electron chi connectivity index (χ1n) is 10.6. The molecule has 0 fully saturated rings. The van der Waals surface area contributed by atoms with E-state index in [1.54, 1.807) is 22.0 Å². The van der Waals surface area contributed by atoms with Gasteiger partial charge in [-0.1, -0.05) is 55.9 Å². The smallest absolute Gasteiger partial charge is 0.262 e. The number of benzene rings is 2. The Bertz CT molecular complexity index is 1280. The number of fused-ring (bicyclic) bond motifs is 1. The lowest BCUT2D eigenvalue weighted by Gasteiger charge is -2.13. The molecule has 4 rings (SSSR count). The number of aromatic nitrogens is 2. The highest BCUT2D eigenvalue weighted by Gasteiger charge is 2.14. The number of thiophene rings is 1. The number of para-hydroxylation sites is 1. The number of nitrogens with zero attached hydrogens (tertiary/aromatic N) is 2. The number of nitrogens with one attached hydrogen (secondary N) is 1. The van der Waals surface area contributed by atoms with Crippen LogP contribution in [-0.2, 0) is 17.8 Å². The summed E-state index contributed by atoms with van der Waals surface area (Å²) in [4.78, 5) is 31.7. The van der Waals surface area contributed by atoms with E-state index in [1.807, 2.05) is 47.8 Å². The predicted octanol–water partition coefficient (Wildman–Crippen LogP) is 5.55. The second-order valence-electron chi connectivity index (χ2n) is 7.81. The van der Waals surface area contributed by atoms with Gasteiger partial charge in [0.1, 0.15) is 0 Å². The highest BCUT2D eigenvalue weighted by Crippen LogP contribution is 2.21. The molecule has 4 aromatic rings. The van der Waals surface area contributed by atoms with Crippen LogP contribution in [0.25, 0.3) is 10.9 Å². The number of carbonyl (C=O) groups is 1. The zero-order valence-corrected chi connectivity index (χ0v) is 19.7. The number of rotatable bonds is 8. The molecular formula is C25H25N3O2S2. The van der Waals surface area contributed by atoms with Gasteiger partial charge in [0.2, 0.25) is 5.91 Å². The zero-order chi connectivity index (χ0) is 22.5. The number of hydrogen-bond acceptors (Lipinski definition) is 5. The number of thioether (sulfide) groups is 1. The molecule has 7 heteroatoms. The first-order chi connectivity index (χ1) is 15.5. The molecule has 0 radical (unpaired) electrons. The van der Waals surface area contributed by atoms with Crippen LogP contribution in [0, 0.1) is 0 Å². The molecule has 2 aromatic carbocycles. The lowest BCUT2D eigenvalue weighted by molar-refractivity contribution is -0.113. The Hall–Kier alpha value is -2.90. The van der Waals surface area contributed by atoms with Crippen molar-refractivity contribution in [3.8, 4) is 0 Å². The fourth-order valence-corrected chi connectivity index (χ4v) is 4.96. The molecule has 1 amide bonds. The number of anilines is 1. The van der Waals surface area contributed by atoms with E-state index in [0.717, 1.165) is 12.1 Å². The summed E-state index contributed by atoms with van der Waals surface area (Å²) in [7, 11) is 0. The van der Waals surface area contributed by atoms with Crippen LogP contribution in [0.4, 0.5) is 5.69 Å². The lowest BCUT2D eigenvalue weighted by atomic mass is 10.0. The van der Waals surface area contributed by atoms with Crippen LogP contribution < -0.4 is 10.9 Å². The fraction of sp³-hybridized carbons (Fsp3) is 0.240. The van der Waals surface area contributed by atoms with E-state index < -0.39 is 0 Å². The Labute approximate surface area is 195 Å². The molecule has 0 atom stereocenters. The molecule has 0 aliphatic rings. The highest BCUT2D eigenvalue weighted by atomic mass is 32.2. The van der Waals surface area contributed by atoms with Crippen LogP contribution >= 0.6 is 23.1 Å². The van der Waals surface area contributed by atoms with Crippen LogP contribution in [0.1, 0.15) is 30.2 Å². The fourth-order valence-electron chi connectivity index (χ4n) is 3.43. The van der Waals surface area contributed by atoms with Crippen molar-refractivity contribution in [1.29, 1.82) is 0 Å². The highest BCUT2D eigenvalue weighted by molar-refractivity contribution is 7.99. The summed E-state index contributed by atoms with van der Waals surface area (Å²) in [5.41, 5.74) is 2.54. The predicted molar refractivity (Wildman–Crippen MR) is 134 cm³/mol. The molecule has 0 bridgehead atoms. The summed E-state index contributed by atoms with van der Waals surface area (Å²) in [5.74, 6) is 0.444. The Morgan fingerprint density at radius 2 is 1.97 bits per heavy atom. The zero-order valence-electron chi connectivity index (χ0n) is 18.1. The molecule has 0 saturated carbocycles. The van der Waals surface area contributed by atoms with Crippen LogP contribution in [0.5, 0.6) is 0 Å². The SMILES string of the molecule is CC(C)c1cccc(NC(=O)CSc2nc3ccccc3c(=O)n2CCc2cccs2)c1. The summed E-state index contributed by atoms with van der Waals surface area (Å²) < 4.78 is 1.69. The van der Waals surface area contributed by atoms with E-state index in [1.165, 1.54) is 22.2 Å². The minimum atomic E-state index is -0.122. The topological polar surface area (TPSA) is 64.0 Å². The van der Waals surface area contributed by atoms with Crippen molar-refractivity contribution in [2.24, 2.45) is 0 Å². The van der Waals surface area contributed by atoms with Gasteiger partial charge in [-0.15, -0.1) is 11.3 Å². The Morgan fingerprint density at radius 1 is 1.12 bits per heavy atom. The molecule has 0 aliphatic heterocycles. The van der Waals surface area contributed by atoms with E-state index in [9.17, 15) is 9.59 Å². The normalized spacial score (nSPS) is 11.2. The Kier molecular flexibility index (Phi) is 7.07. The van der Waals surface area contributed by atoms with Gasteiger partial charge in [0.25, 0.3) is 5.56 Å². The van der Waals surface area contributed by atoms with Crippen molar-refractivity contribution < 1.29 is 4.79 Å². The van der Waals surface area contributed by atoms with Gasteiger partial charge in [-0.3, -0.25) is 14.2 Å². The van der Waals surface area contributed by atoms with Gasteiger partial charge in [0.15, 0.2) is 5.16 Å². The summed E-state index contributed by atoms with van der Waals surface area (Å²) in [5, 5.41) is 6.15. The average molecular weight is 464 g/mol. The quantitative estimate of drug-likeness (QED) is 0.275. The summed E-state index contributed by atoms with van der Waals surface area (Å²) >= 11 is 2.97. The minimum absolute atomic E-state index is 0.0697. The molecule has 0 unspecified atom stereocenters. The number of carbonyl (C=O) groups excluding carboxylic acids is 1. The third-order valence-corrected chi connectivity index (χ3v) is 7.07. The van der Waals surface area contributed by atoms with Gasteiger partial charge in [-0.25, -0.2) is 4.98 Å². The molecule has 0 spiro atoms. The van der Waals surface area contributed by atoms with Crippen LogP contribution in [0.2, 0.25) is 0 Å². The monoisotopic (exact) mass is 463 g/mol. The molecule has 0 aliphatic carbocycles. The minimum Gasteiger partial charge on any atom is -0.325 e. The van der Waals surface area contributed by atoms with E-state index in [4.69, 9.17) is 4.98 Å². The van der Waals surface area contributed by atoms with Gasteiger partial charge in [-0.05, 0) is 53.6 Å². The van der Waals surface area contributed by atoms with Crippen molar-refractivity contribution in [2.45, 2.75) is 37.9 Å². The van der Waals surface area contributed by atoms with E-state index in [0.29, 0.717) is 28.5 Å². The average Bonchev–Trinajstić information content (AvgIpc) is 3.31. The van der Waals surface area contributed by atoms with Crippen molar-refractivity contribution in [3.05, 3.63) is 86.8 Å². The maximum Gasteiger partial charge on any atom is 0.262 e. The Morgan fingerprint density at radius 3 is 2.75 bits per heavy atom. The van der Waals surface area contributed by atoms with E-state index in [-0.39, 0.29) is 17.2 Å². The number of amides is 1. The summed E-state index contributed by atoms with van der Waals surface area (Å²) in [6.45, 7) is 4.77. The second kappa shape index (κ2) is 10.1. The van der Waals surface area contributed by atoms with Crippen molar-refractivity contribution in [3.63, 3.8) is 0 Å². The summed E-state index contributed by atoms with van der Waals surface area (Å²) in [6.07, 6.45) is 0.749.